The van der Waals surface area contributed by atoms with E-state index < -0.39 is 0 Å². The molecule has 1 fully saturated rings. The van der Waals surface area contributed by atoms with Gasteiger partial charge in [0.25, 0.3) is 5.91 Å². The molecule has 128 valence electrons. The summed E-state index contributed by atoms with van der Waals surface area (Å²) in [5.74, 6) is 1.77. The molecule has 1 unspecified atom stereocenters. The second-order valence-electron chi connectivity index (χ2n) is 5.80. The molecule has 0 aliphatic heterocycles. The molecular weight excluding hydrogens is 347 g/mol. The Labute approximate surface area is 152 Å². The van der Waals surface area contributed by atoms with Crippen molar-refractivity contribution in [1.29, 1.82) is 0 Å². The van der Waals surface area contributed by atoms with E-state index in [1.807, 2.05) is 12.1 Å². The predicted octanol–water partition coefficient (Wildman–Crippen LogP) is 4.02. The molecule has 0 radical (unpaired) electrons. The zero-order valence-corrected chi connectivity index (χ0v) is 14.6. The molecule has 0 heterocycles. The summed E-state index contributed by atoms with van der Waals surface area (Å²) in [5, 5.41) is 3.49. The van der Waals surface area contributed by atoms with Gasteiger partial charge >= 0.3 is 0 Å². The van der Waals surface area contributed by atoms with Gasteiger partial charge in [0, 0.05) is 23.2 Å². The Kier molecular flexibility index (Phi) is 6.49. The van der Waals surface area contributed by atoms with Gasteiger partial charge in [-0.3, -0.25) is 4.79 Å². The third kappa shape index (κ3) is 5.13. The van der Waals surface area contributed by atoms with Gasteiger partial charge in [-0.2, -0.15) is 0 Å². The number of carbonyl (C=O) groups is 1. The fraction of sp³-hybridized carbons (Fsp3) is 0.278. The highest BCUT2D eigenvalue weighted by Gasteiger charge is 2.28. The van der Waals surface area contributed by atoms with Gasteiger partial charge in [0.05, 0.1) is 0 Å². The molecule has 1 amide bonds. The lowest BCUT2D eigenvalue weighted by Gasteiger charge is -2.12. The van der Waals surface area contributed by atoms with Crippen molar-refractivity contribution in [3.05, 3.63) is 59.1 Å². The van der Waals surface area contributed by atoms with E-state index in [2.05, 4.69) is 5.32 Å². The number of hydrogen-bond acceptors (Lipinski definition) is 3. The predicted molar refractivity (Wildman–Crippen MR) is 98.2 cm³/mol. The zero-order valence-electron chi connectivity index (χ0n) is 13.1. The minimum Gasteiger partial charge on any atom is -0.457 e. The number of halogens is 2. The molecule has 3 N–H and O–H groups in total. The van der Waals surface area contributed by atoms with Crippen molar-refractivity contribution in [2.24, 2.45) is 11.7 Å². The third-order valence-electron chi connectivity index (χ3n) is 3.87. The highest BCUT2D eigenvalue weighted by Crippen LogP contribution is 2.31. The standard InChI is InChI=1S/C18H19ClN2O2.ClH/c19-14-2-1-3-16(10-14)23-15-8-6-13(7-9-15)18(22)21-11-17(20)12-4-5-12;/h1-3,6-10,12,17H,4-5,11,20H2,(H,21,22);1H. The molecule has 3 rings (SSSR count). The fourth-order valence-corrected chi connectivity index (χ4v) is 2.52. The van der Waals surface area contributed by atoms with E-state index in [1.165, 1.54) is 12.8 Å². The number of hydrogen-bond donors (Lipinski definition) is 2. The first kappa shape index (κ1) is 18.6. The van der Waals surface area contributed by atoms with Crippen LogP contribution in [-0.4, -0.2) is 18.5 Å². The minimum absolute atomic E-state index is 0. The Morgan fingerprint density at radius 1 is 1.21 bits per heavy atom. The topological polar surface area (TPSA) is 64.3 Å². The summed E-state index contributed by atoms with van der Waals surface area (Å²) < 4.78 is 5.70. The third-order valence-corrected chi connectivity index (χ3v) is 4.11. The van der Waals surface area contributed by atoms with Crippen LogP contribution in [0.1, 0.15) is 23.2 Å². The molecule has 1 aliphatic rings. The smallest absolute Gasteiger partial charge is 0.251 e. The average Bonchev–Trinajstić information content (AvgIpc) is 3.38. The summed E-state index contributed by atoms with van der Waals surface area (Å²) in [6.45, 7) is 0.518. The van der Waals surface area contributed by atoms with E-state index in [9.17, 15) is 4.79 Å². The Morgan fingerprint density at radius 2 is 1.92 bits per heavy atom. The molecule has 6 heteroatoms. The number of nitrogens with one attached hydrogen (secondary N) is 1. The van der Waals surface area contributed by atoms with Crippen molar-refractivity contribution in [3.8, 4) is 11.5 Å². The van der Waals surface area contributed by atoms with Crippen molar-refractivity contribution in [3.63, 3.8) is 0 Å². The first-order chi connectivity index (χ1) is 11.1. The molecule has 1 atom stereocenters. The molecule has 1 aliphatic carbocycles. The van der Waals surface area contributed by atoms with Gasteiger partial charge in [0.1, 0.15) is 11.5 Å². The van der Waals surface area contributed by atoms with Crippen LogP contribution >= 0.6 is 24.0 Å². The number of benzene rings is 2. The zero-order chi connectivity index (χ0) is 16.2. The molecule has 2 aromatic carbocycles. The van der Waals surface area contributed by atoms with Crippen molar-refractivity contribution in [2.75, 3.05) is 6.54 Å². The Morgan fingerprint density at radius 3 is 2.54 bits per heavy atom. The lowest BCUT2D eigenvalue weighted by molar-refractivity contribution is 0.0950. The van der Waals surface area contributed by atoms with Crippen LogP contribution < -0.4 is 15.8 Å². The first-order valence-electron chi connectivity index (χ1n) is 7.69. The van der Waals surface area contributed by atoms with Crippen LogP contribution in [0.25, 0.3) is 0 Å². The van der Waals surface area contributed by atoms with Gasteiger partial charge < -0.3 is 15.8 Å². The van der Waals surface area contributed by atoms with Crippen LogP contribution in [0.3, 0.4) is 0 Å². The largest absolute Gasteiger partial charge is 0.457 e. The van der Waals surface area contributed by atoms with Gasteiger partial charge in [0.15, 0.2) is 0 Å². The number of rotatable bonds is 6. The lowest BCUT2D eigenvalue weighted by Crippen LogP contribution is -2.38. The van der Waals surface area contributed by atoms with Gasteiger partial charge in [-0.05, 0) is 61.2 Å². The Hall–Kier alpha value is -1.75. The maximum Gasteiger partial charge on any atom is 0.251 e. The summed E-state index contributed by atoms with van der Waals surface area (Å²) in [6, 6.07) is 14.2. The number of nitrogens with two attached hydrogens (primary N) is 1. The number of amides is 1. The molecule has 1 saturated carbocycles. The van der Waals surface area contributed by atoms with Crippen LogP contribution in [0.4, 0.5) is 0 Å². The van der Waals surface area contributed by atoms with Crippen LogP contribution in [0.2, 0.25) is 5.02 Å². The average molecular weight is 367 g/mol. The molecule has 0 saturated heterocycles. The highest BCUT2D eigenvalue weighted by molar-refractivity contribution is 6.30. The number of carbonyl (C=O) groups excluding carboxylic acids is 1. The van der Waals surface area contributed by atoms with Crippen molar-refractivity contribution in [1.82, 2.24) is 5.32 Å². The Bertz CT molecular complexity index is 688. The van der Waals surface area contributed by atoms with Gasteiger partial charge in [-0.15, -0.1) is 12.4 Å². The van der Waals surface area contributed by atoms with E-state index >= 15 is 0 Å². The molecular formula is C18H20Cl2N2O2. The van der Waals surface area contributed by atoms with E-state index in [0.29, 0.717) is 34.5 Å². The first-order valence-corrected chi connectivity index (χ1v) is 8.07. The summed E-state index contributed by atoms with van der Waals surface area (Å²) in [7, 11) is 0. The quantitative estimate of drug-likeness (QED) is 0.811. The second-order valence-corrected chi connectivity index (χ2v) is 6.23. The highest BCUT2D eigenvalue weighted by atomic mass is 35.5. The molecule has 2 aromatic rings. The van der Waals surface area contributed by atoms with Crippen molar-refractivity contribution >= 4 is 29.9 Å². The maximum atomic E-state index is 12.1. The summed E-state index contributed by atoms with van der Waals surface area (Å²) in [4.78, 5) is 12.1. The molecule has 0 spiro atoms. The normalized spacial score (nSPS) is 14.4. The molecule has 4 nitrogen and oxygen atoms in total. The lowest BCUT2D eigenvalue weighted by atomic mass is 10.1. The van der Waals surface area contributed by atoms with Crippen LogP contribution in [0.5, 0.6) is 11.5 Å². The van der Waals surface area contributed by atoms with E-state index in [4.69, 9.17) is 22.1 Å². The van der Waals surface area contributed by atoms with Gasteiger partial charge in [-0.25, -0.2) is 0 Å². The summed E-state index contributed by atoms with van der Waals surface area (Å²) >= 11 is 5.92. The SMILES string of the molecule is Cl.NC(CNC(=O)c1ccc(Oc2cccc(Cl)c2)cc1)C1CC1. The minimum atomic E-state index is -0.115. The fourth-order valence-electron chi connectivity index (χ4n) is 2.34. The Balaban J connectivity index is 0.00000208. The monoisotopic (exact) mass is 366 g/mol. The van der Waals surface area contributed by atoms with Crippen LogP contribution in [0.15, 0.2) is 48.5 Å². The molecule has 0 bridgehead atoms. The van der Waals surface area contributed by atoms with Gasteiger partial charge in [-0.1, -0.05) is 17.7 Å². The van der Waals surface area contributed by atoms with E-state index in [0.717, 1.165) is 0 Å². The second kappa shape index (κ2) is 8.38. The van der Waals surface area contributed by atoms with Crippen LogP contribution in [-0.2, 0) is 0 Å². The number of ether oxygens (including phenoxy) is 1. The van der Waals surface area contributed by atoms with E-state index in [1.54, 1.807) is 36.4 Å². The maximum absolute atomic E-state index is 12.1. The summed E-state index contributed by atoms with van der Waals surface area (Å²) in [5.41, 5.74) is 6.57. The van der Waals surface area contributed by atoms with Crippen molar-refractivity contribution in [2.45, 2.75) is 18.9 Å². The van der Waals surface area contributed by atoms with Crippen LogP contribution in [0, 0.1) is 5.92 Å². The van der Waals surface area contributed by atoms with E-state index in [-0.39, 0.29) is 24.4 Å². The molecule has 24 heavy (non-hydrogen) atoms. The van der Waals surface area contributed by atoms with Gasteiger partial charge in [0.2, 0.25) is 0 Å². The molecule has 0 aromatic heterocycles. The van der Waals surface area contributed by atoms with Crippen molar-refractivity contribution < 1.29 is 9.53 Å². The summed E-state index contributed by atoms with van der Waals surface area (Å²) in [6.07, 6.45) is 2.35.